The van der Waals surface area contributed by atoms with Gasteiger partial charge in [0.25, 0.3) is 5.91 Å². The van der Waals surface area contributed by atoms with Gasteiger partial charge in [0.2, 0.25) is 5.13 Å². The highest BCUT2D eigenvalue weighted by molar-refractivity contribution is 8.01. The Balaban J connectivity index is 1.34. The average Bonchev–Trinajstić information content (AvgIpc) is 3.46. The number of aromatic nitrogens is 4. The van der Waals surface area contributed by atoms with Gasteiger partial charge in [-0.25, -0.2) is 4.98 Å². The summed E-state index contributed by atoms with van der Waals surface area (Å²) in [4.78, 5) is 21.6. The molecule has 12 heteroatoms. The van der Waals surface area contributed by atoms with Crippen molar-refractivity contribution >= 4 is 45.7 Å². The average molecular weight is 551 g/mol. The lowest BCUT2D eigenvalue weighted by atomic mass is 10.0. The molecule has 3 aromatic heterocycles. The van der Waals surface area contributed by atoms with Crippen molar-refractivity contribution in [3.63, 3.8) is 0 Å². The van der Waals surface area contributed by atoms with E-state index in [2.05, 4.69) is 31.6 Å². The highest BCUT2D eigenvalue weighted by Gasteiger charge is 2.33. The van der Waals surface area contributed by atoms with Gasteiger partial charge in [0.15, 0.2) is 4.34 Å². The Morgan fingerprint density at radius 2 is 2.08 bits per heavy atom. The van der Waals surface area contributed by atoms with Crippen LogP contribution in [0.3, 0.4) is 0 Å². The predicted molar refractivity (Wildman–Crippen MR) is 141 cm³/mol. The molecule has 9 nitrogen and oxygen atoms in total. The number of hydrogen-bond acceptors (Lipinski definition) is 10. The summed E-state index contributed by atoms with van der Waals surface area (Å²) >= 11 is 8.73. The first-order chi connectivity index (χ1) is 17.9. The third-order valence-corrected chi connectivity index (χ3v) is 8.26. The molecule has 186 valence electrons. The third kappa shape index (κ3) is 5.14. The van der Waals surface area contributed by atoms with Crippen molar-refractivity contribution in [3.05, 3.63) is 75.8 Å². The van der Waals surface area contributed by atoms with Crippen molar-refractivity contribution in [2.75, 3.05) is 12.4 Å². The van der Waals surface area contributed by atoms with Gasteiger partial charge in [0.05, 0.1) is 36.6 Å². The van der Waals surface area contributed by atoms with E-state index in [-0.39, 0.29) is 10.4 Å². The van der Waals surface area contributed by atoms with Crippen LogP contribution in [0.2, 0.25) is 5.15 Å². The van der Waals surface area contributed by atoms with Crippen LogP contribution in [0.5, 0.6) is 5.75 Å². The molecule has 0 radical (unpaired) electrons. The number of rotatable bonds is 6. The van der Waals surface area contributed by atoms with Gasteiger partial charge in [-0.2, -0.15) is 5.26 Å². The number of aryl methyl sites for hydroxylation is 1. The van der Waals surface area contributed by atoms with Gasteiger partial charge in [0.1, 0.15) is 10.9 Å². The van der Waals surface area contributed by atoms with Crippen molar-refractivity contribution in [2.24, 2.45) is 0 Å². The second kappa shape index (κ2) is 10.4. The number of carbonyl (C=O) groups is 1. The number of aliphatic hydroxyl groups is 1. The largest absolute Gasteiger partial charge is 0.494 e. The first-order valence-corrected chi connectivity index (χ1v) is 13.1. The zero-order valence-electron chi connectivity index (χ0n) is 19.6. The van der Waals surface area contributed by atoms with E-state index in [1.54, 1.807) is 24.3 Å². The molecule has 0 unspecified atom stereocenters. The number of anilines is 1. The minimum absolute atomic E-state index is 0.169. The minimum atomic E-state index is -0.682. The van der Waals surface area contributed by atoms with Crippen molar-refractivity contribution in [2.45, 2.75) is 29.0 Å². The number of amides is 1. The maximum atomic E-state index is 13.2. The third-order valence-electron chi connectivity index (χ3n) is 5.87. The number of thioether (sulfide) groups is 1. The molecule has 1 amide bonds. The zero-order chi connectivity index (χ0) is 26.1. The van der Waals surface area contributed by atoms with Gasteiger partial charge in [-0.15, -0.1) is 10.2 Å². The van der Waals surface area contributed by atoms with E-state index in [0.717, 1.165) is 11.1 Å². The van der Waals surface area contributed by atoms with Gasteiger partial charge in [0, 0.05) is 28.3 Å². The van der Waals surface area contributed by atoms with Gasteiger partial charge in [-0.3, -0.25) is 15.1 Å². The number of nitrogens with zero attached hydrogens (tertiary/aromatic N) is 5. The Morgan fingerprint density at radius 1 is 1.24 bits per heavy atom. The zero-order valence-corrected chi connectivity index (χ0v) is 22.0. The van der Waals surface area contributed by atoms with Crippen molar-refractivity contribution in [3.8, 4) is 22.9 Å². The van der Waals surface area contributed by atoms with Crippen LogP contribution in [0.4, 0.5) is 5.13 Å². The summed E-state index contributed by atoms with van der Waals surface area (Å²) < 4.78 is 6.04. The predicted octanol–water partition coefficient (Wildman–Crippen LogP) is 4.84. The fourth-order valence-electron chi connectivity index (χ4n) is 4.13. The first kappa shape index (κ1) is 25.1. The fraction of sp³-hybridized carbons (Fsp3) is 0.200. The van der Waals surface area contributed by atoms with Gasteiger partial charge >= 0.3 is 0 Å². The molecule has 37 heavy (non-hydrogen) atoms. The number of nitrogens with one attached hydrogen (secondary N) is 1. The molecule has 0 aliphatic heterocycles. The molecule has 0 saturated heterocycles. The summed E-state index contributed by atoms with van der Waals surface area (Å²) in [6.45, 7) is 1.82. The topological polar surface area (TPSA) is 134 Å². The summed E-state index contributed by atoms with van der Waals surface area (Å²) in [7, 11) is 1.52. The number of carbonyl (C=O) groups excluding carboxylic acids is 1. The Hall–Kier alpha value is -3.56. The number of halogens is 1. The van der Waals surface area contributed by atoms with E-state index in [1.807, 2.05) is 13.0 Å². The molecule has 3 heterocycles. The van der Waals surface area contributed by atoms with Crippen LogP contribution in [0.25, 0.3) is 11.1 Å². The van der Waals surface area contributed by atoms with Gasteiger partial charge in [-0.1, -0.05) is 40.8 Å². The number of nitriles is 1. The van der Waals surface area contributed by atoms with Crippen LogP contribution in [0.15, 0.2) is 47.1 Å². The Morgan fingerprint density at radius 3 is 2.86 bits per heavy atom. The van der Waals surface area contributed by atoms with Crippen LogP contribution in [-0.4, -0.2) is 43.5 Å². The number of benzene rings is 1. The van der Waals surface area contributed by atoms with Crippen molar-refractivity contribution in [1.29, 1.82) is 5.26 Å². The monoisotopic (exact) mass is 550 g/mol. The summed E-state index contributed by atoms with van der Waals surface area (Å²) in [5.41, 5.74) is 4.57. The number of hydrogen-bond donors (Lipinski definition) is 2. The standard InChI is InChI=1S/C25H19ClN6O3S2/c1-12-5-16(17-8-21(26)29-11-19(17)35-2)18(10-28-12)23(34)30-24-31-32-25(37-24)36-20-7-14-6-13(9-27)3-4-15(14)22(20)33/h3-6,8,10-11,20,22,33H,7H2,1-2H3,(H,30,31,34)/t20-,22-/m1/s1. The van der Waals surface area contributed by atoms with E-state index in [4.69, 9.17) is 21.6 Å². The lowest BCUT2D eigenvalue weighted by molar-refractivity contribution is 0.102. The second-order valence-corrected chi connectivity index (χ2v) is 11.1. The Labute approximate surface area is 225 Å². The summed E-state index contributed by atoms with van der Waals surface area (Å²) in [6, 6.07) is 10.9. The number of ether oxygens (including phenoxy) is 1. The van der Waals surface area contributed by atoms with Crippen LogP contribution in [0.1, 0.15) is 38.8 Å². The molecule has 0 fully saturated rings. The van der Waals surface area contributed by atoms with Crippen LogP contribution >= 0.6 is 34.7 Å². The normalized spacial score (nSPS) is 16.2. The smallest absolute Gasteiger partial charge is 0.259 e. The lowest BCUT2D eigenvalue weighted by Gasteiger charge is -2.13. The van der Waals surface area contributed by atoms with E-state index < -0.39 is 12.0 Å². The molecule has 5 rings (SSSR count). The SMILES string of the molecule is COc1cnc(Cl)cc1-c1cc(C)ncc1C(=O)Nc1nnc(S[C@@H]2Cc3cc(C#N)ccc3[C@H]2O)s1. The molecule has 0 bridgehead atoms. The number of methoxy groups -OCH3 is 1. The molecule has 2 atom stereocenters. The lowest BCUT2D eigenvalue weighted by Crippen LogP contribution is -2.14. The molecule has 1 aromatic carbocycles. The van der Waals surface area contributed by atoms with Gasteiger partial charge in [-0.05, 0) is 48.7 Å². The fourth-order valence-corrected chi connectivity index (χ4v) is 6.45. The van der Waals surface area contributed by atoms with Crippen LogP contribution in [-0.2, 0) is 6.42 Å². The summed E-state index contributed by atoms with van der Waals surface area (Å²) in [6.07, 6.45) is 2.91. The molecule has 4 aromatic rings. The highest BCUT2D eigenvalue weighted by Crippen LogP contribution is 2.43. The Kier molecular flexibility index (Phi) is 7.08. The van der Waals surface area contributed by atoms with E-state index in [9.17, 15) is 9.90 Å². The van der Waals surface area contributed by atoms with Crippen molar-refractivity contribution in [1.82, 2.24) is 20.2 Å². The number of aliphatic hydroxyl groups excluding tert-OH is 1. The second-order valence-electron chi connectivity index (χ2n) is 8.24. The first-order valence-electron chi connectivity index (χ1n) is 11.1. The highest BCUT2D eigenvalue weighted by atomic mass is 35.5. The van der Waals surface area contributed by atoms with E-state index in [1.165, 1.54) is 42.6 Å². The summed E-state index contributed by atoms with van der Waals surface area (Å²) in [5, 5.41) is 31.4. The van der Waals surface area contributed by atoms with Crippen molar-refractivity contribution < 1.29 is 14.6 Å². The van der Waals surface area contributed by atoms with E-state index >= 15 is 0 Å². The quantitative estimate of drug-likeness (QED) is 0.255. The van der Waals surface area contributed by atoms with E-state index in [0.29, 0.717) is 49.6 Å². The molecule has 1 aliphatic rings. The maximum absolute atomic E-state index is 13.2. The van der Waals surface area contributed by atoms with Crippen LogP contribution < -0.4 is 10.1 Å². The minimum Gasteiger partial charge on any atom is -0.494 e. The molecule has 0 saturated carbocycles. The molecular formula is C25H19ClN6O3S2. The van der Waals surface area contributed by atoms with Crippen LogP contribution in [0, 0.1) is 18.3 Å². The molecular weight excluding hydrogens is 532 g/mol. The molecule has 1 aliphatic carbocycles. The summed E-state index contributed by atoms with van der Waals surface area (Å²) in [5.74, 6) is 0.0548. The number of fused-ring (bicyclic) bond motifs is 1. The van der Waals surface area contributed by atoms with Gasteiger partial charge < -0.3 is 9.84 Å². The maximum Gasteiger partial charge on any atom is 0.259 e. The molecule has 0 spiro atoms. The molecule has 2 N–H and O–H groups in total. The Bertz CT molecular complexity index is 1550. The number of pyridine rings is 2.